The van der Waals surface area contributed by atoms with E-state index in [-0.39, 0.29) is 18.1 Å². The lowest BCUT2D eigenvalue weighted by Crippen LogP contribution is -2.53. The maximum atomic E-state index is 12.9. The van der Waals surface area contributed by atoms with Gasteiger partial charge < -0.3 is 25.2 Å². The molecule has 1 amide bonds. The Bertz CT molecular complexity index is 880. The summed E-state index contributed by atoms with van der Waals surface area (Å²) in [6, 6.07) is 14.0. The molecule has 2 aromatic rings. The fraction of sp³-hybridized carbons (Fsp3) is 0.391. The molecule has 0 radical (unpaired) electrons. The molecule has 0 spiro atoms. The summed E-state index contributed by atoms with van der Waals surface area (Å²) in [5.74, 6) is 1.32. The van der Waals surface area contributed by atoms with E-state index in [0.717, 1.165) is 49.1 Å². The van der Waals surface area contributed by atoms with Crippen LogP contribution in [0, 0.1) is 5.82 Å². The second kappa shape index (κ2) is 11.2. The number of nitrogens with zero attached hydrogens (tertiary/aromatic N) is 3. The monoisotopic (exact) mass is 427 g/mol. The van der Waals surface area contributed by atoms with Crippen molar-refractivity contribution in [1.82, 2.24) is 15.5 Å². The number of methoxy groups -OCH3 is 1. The third-order valence-corrected chi connectivity index (χ3v) is 5.23. The Morgan fingerprint density at radius 3 is 2.39 bits per heavy atom. The van der Waals surface area contributed by atoms with E-state index in [4.69, 9.17) is 4.74 Å². The second-order valence-corrected chi connectivity index (χ2v) is 7.27. The van der Waals surface area contributed by atoms with Crippen LogP contribution in [0.1, 0.15) is 5.56 Å². The molecule has 1 aliphatic heterocycles. The molecule has 31 heavy (non-hydrogen) atoms. The van der Waals surface area contributed by atoms with Gasteiger partial charge in [0.15, 0.2) is 5.96 Å². The van der Waals surface area contributed by atoms with E-state index in [1.807, 2.05) is 18.2 Å². The van der Waals surface area contributed by atoms with E-state index in [9.17, 15) is 9.18 Å². The number of guanidine groups is 1. The first-order valence-electron chi connectivity index (χ1n) is 10.5. The van der Waals surface area contributed by atoms with Crippen molar-refractivity contribution in [1.29, 1.82) is 0 Å². The molecule has 1 saturated heterocycles. The van der Waals surface area contributed by atoms with E-state index < -0.39 is 0 Å². The van der Waals surface area contributed by atoms with Gasteiger partial charge in [0, 0.05) is 46.3 Å². The topological polar surface area (TPSA) is 69.2 Å². The molecule has 0 bridgehead atoms. The largest absolute Gasteiger partial charge is 0.495 e. The molecule has 0 saturated carbocycles. The molecule has 1 heterocycles. The predicted molar refractivity (Wildman–Crippen MR) is 121 cm³/mol. The molecule has 3 rings (SSSR count). The molecule has 0 atom stereocenters. The molecule has 8 heteroatoms. The van der Waals surface area contributed by atoms with Crippen molar-refractivity contribution < 1.29 is 13.9 Å². The molecule has 0 unspecified atom stereocenters. The zero-order valence-electron chi connectivity index (χ0n) is 18.1. The van der Waals surface area contributed by atoms with Gasteiger partial charge in [0.25, 0.3) is 0 Å². The van der Waals surface area contributed by atoms with E-state index in [1.165, 1.54) is 12.1 Å². The number of carbonyl (C=O) groups excluding carboxylic acids is 1. The lowest BCUT2D eigenvalue weighted by molar-refractivity contribution is -0.120. The highest BCUT2D eigenvalue weighted by molar-refractivity contribution is 5.81. The summed E-state index contributed by atoms with van der Waals surface area (Å²) in [4.78, 5) is 21.0. The summed E-state index contributed by atoms with van der Waals surface area (Å²) in [7, 11) is 3.46. The first-order valence-corrected chi connectivity index (χ1v) is 10.5. The quantitative estimate of drug-likeness (QED) is 0.401. The Morgan fingerprint density at radius 2 is 1.71 bits per heavy atom. The van der Waals surface area contributed by atoms with E-state index in [0.29, 0.717) is 13.1 Å². The fourth-order valence-corrected chi connectivity index (χ4v) is 3.61. The van der Waals surface area contributed by atoms with Gasteiger partial charge in [0.05, 0.1) is 19.2 Å². The van der Waals surface area contributed by atoms with Gasteiger partial charge >= 0.3 is 0 Å². The van der Waals surface area contributed by atoms with Crippen molar-refractivity contribution in [2.24, 2.45) is 4.99 Å². The summed E-state index contributed by atoms with van der Waals surface area (Å²) >= 11 is 0. The molecular formula is C23H30FN5O2. The van der Waals surface area contributed by atoms with Crippen molar-refractivity contribution in [2.75, 3.05) is 58.3 Å². The van der Waals surface area contributed by atoms with Crippen LogP contribution < -0.4 is 20.3 Å². The number of rotatable bonds is 7. The minimum atomic E-state index is -0.302. The normalized spacial score (nSPS) is 14.4. The van der Waals surface area contributed by atoms with Crippen molar-refractivity contribution >= 4 is 17.6 Å². The van der Waals surface area contributed by atoms with Gasteiger partial charge in [-0.3, -0.25) is 9.79 Å². The Hall–Kier alpha value is -3.29. The summed E-state index contributed by atoms with van der Waals surface area (Å²) in [6.45, 7) is 4.49. The number of aliphatic imine (C=N–C) groups is 1. The number of benzene rings is 2. The van der Waals surface area contributed by atoms with Gasteiger partial charge in [-0.05, 0) is 29.8 Å². The summed E-state index contributed by atoms with van der Waals surface area (Å²) < 4.78 is 18.4. The fourth-order valence-electron chi connectivity index (χ4n) is 3.61. The van der Waals surface area contributed by atoms with Crippen LogP contribution in [-0.2, 0) is 11.2 Å². The van der Waals surface area contributed by atoms with Crippen LogP contribution in [0.5, 0.6) is 5.75 Å². The van der Waals surface area contributed by atoms with Crippen molar-refractivity contribution in [3.63, 3.8) is 0 Å². The SMILES string of the molecule is CN=C(NCCNC(=O)Cc1ccc(F)cc1)N1CCN(c2ccccc2OC)CC1. The third-order valence-electron chi connectivity index (χ3n) is 5.23. The Morgan fingerprint density at radius 1 is 1.03 bits per heavy atom. The van der Waals surface area contributed by atoms with Gasteiger partial charge in [0.1, 0.15) is 11.6 Å². The van der Waals surface area contributed by atoms with Crippen LogP contribution in [0.2, 0.25) is 0 Å². The van der Waals surface area contributed by atoms with Gasteiger partial charge in [-0.25, -0.2) is 4.39 Å². The first-order chi connectivity index (χ1) is 15.1. The molecule has 2 N–H and O–H groups in total. The number of halogens is 1. The van der Waals surface area contributed by atoms with Crippen LogP contribution in [0.25, 0.3) is 0 Å². The van der Waals surface area contributed by atoms with E-state index >= 15 is 0 Å². The van der Waals surface area contributed by atoms with E-state index in [1.54, 1.807) is 26.3 Å². The molecule has 1 aliphatic rings. The van der Waals surface area contributed by atoms with Gasteiger partial charge in [0.2, 0.25) is 5.91 Å². The molecule has 0 aromatic heterocycles. The molecule has 2 aromatic carbocycles. The zero-order chi connectivity index (χ0) is 22.1. The average molecular weight is 428 g/mol. The number of carbonyl (C=O) groups is 1. The number of hydrogen-bond donors (Lipinski definition) is 2. The molecular weight excluding hydrogens is 397 g/mol. The predicted octanol–water partition coefficient (Wildman–Crippen LogP) is 1.89. The van der Waals surface area contributed by atoms with Crippen LogP contribution in [-0.4, -0.2) is 70.2 Å². The lowest BCUT2D eigenvalue weighted by atomic mass is 10.1. The smallest absolute Gasteiger partial charge is 0.224 e. The first kappa shape index (κ1) is 22.4. The summed E-state index contributed by atoms with van der Waals surface area (Å²) in [5.41, 5.74) is 1.90. The third kappa shape index (κ3) is 6.34. The van der Waals surface area contributed by atoms with Gasteiger partial charge in [-0.1, -0.05) is 24.3 Å². The second-order valence-electron chi connectivity index (χ2n) is 7.27. The number of amides is 1. The highest BCUT2D eigenvalue weighted by Gasteiger charge is 2.21. The zero-order valence-corrected chi connectivity index (χ0v) is 18.1. The van der Waals surface area contributed by atoms with Crippen LogP contribution in [0.3, 0.4) is 0 Å². The number of anilines is 1. The highest BCUT2D eigenvalue weighted by Crippen LogP contribution is 2.28. The molecule has 166 valence electrons. The summed E-state index contributed by atoms with van der Waals surface area (Å²) in [5, 5.41) is 6.19. The maximum absolute atomic E-state index is 12.9. The number of nitrogens with one attached hydrogen (secondary N) is 2. The van der Waals surface area contributed by atoms with Gasteiger partial charge in [-0.2, -0.15) is 0 Å². The molecule has 0 aliphatic carbocycles. The lowest BCUT2D eigenvalue weighted by Gasteiger charge is -2.38. The molecule has 1 fully saturated rings. The Balaban J connectivity index is 1.39. The number of hydrogen-bond acceptors (Lipinski definition) is 4. The Labute approximate surface area is 182 Å². The maximum Gasteiger partial charge on any atom is 0.224 e. The average Bonchev–Trinajstić information content (AvgIpc) is 2.81. The van der Waals surface area contributed by atoms with Crippen molar-refractivity contribution in [3.8, 4) is 5.75 Å². The van der Waals surface area contributed by atoms with Crippen LogP contribution >= 0.6 is 0 Å². The van der Waals surface area contributed by atoms with Crippen molar-refractivity contribution in [2.45, 2.75) is 6.42 Å². The number of piperazine rings is 1. The van der Waals surface area contributed by atoms with E-state index in [2.05, 4.69) is 31.5 Å². The van der Waals surface area contributed by atoms with Gasteiger partial charge in [-0.15, -0.1) is 0 Å². The molecule has 7 nitrogen and oxygen atoms in total. The minimum absolute atomic E-state index is 0.0891. The highest BCUT2D eigenvalue weighted by atomic mass is 19.1. The number of ether oxygens (including phenoxy) is 1. The van der Waals surface area contributed by atoms with Crippen LogP contribution in [0.4, 0.5) is 10.1 Å². The Kier molecular flexibility index (Phi) is 8.09. The number of para-hydroxylation sites is 2. The minimum Gasteiger partial charge on any atom is -0.495 e. The van der Waals surface area contributed by atoms with Crippen molar-refractivity contribution in [3.05, 3.63) is 59.9 Å². The van der Waals surface area contributed by atoms with Crippen LogP contribution in [0.15, 0.2) is 53.5 Å². The standard InChI is InChI=1S/C23H30FN5O2/c1-25-23(27-12-11-26-22(30)17-18-7-9-19(24)10-8-18)29-15-13-28(14-16-29)20-5-3-4-6-21(20)31-2/h3-10H,11-17H2,1-2H3,(H,25,27)(H,26,30). The summed E-state index contributed by atoms with van der Waals surface area (Å²) in [6.07, 6.45) is 0.236.